The molecule has 0 saturated heterocycles. The Morgan fingerprint density at radius 3 is 2.33 bits per heavy atom. The lowest BCUT2D eigenvalue weighted by molar-refractivity contribution is -0.144. The second-order valence-electron chi connectivity index (χ2n) is 4.08. The predicted molar refractivity (Wildman–Crippen MR) is 63.6 cm³/mol. The van der Waals surface area contributed by atoms with Crippen LogP contribution in [0.2, 0.25) is 0 Å². The first kappa shape index (κ1) is 13.9. The fraction of sp³-hybridized carbons (Fsp3) is 0.615. The van der Waals surface area contributed by atoms with Crippen molar-refractivity contribution in [1.29, 1.82) is 0 Å². The minimum Gasteiger partial charge on any atom is -0.465 e. The Labute approximate surface area is 93.0 Å². The molecule has 86 valence electrons. The second-order valence-corrected chi connectivity index (χ2v) is 4.08. The third-order valence-corrected chi connectivity index (χ3v) is 2.35. The molecule has 0 N–H and O–H groups in total. The van der Waals surface area contributed by atoms with E-state index in [1.54, 1.807) is 6.92 Å². The van der Waals surface area contributed by atoms with Gasteiger partial charge in [0.15, 0.2) is 0 Å². The third-order valence-electron chi connectivity index (χ3n) is 2.35. The van der Waals surface area contributed by atoms with Gasteiger partial charge in [-0.05, 0) is 26.7 Å². The van der Waals surface area contributed by atoms with Crippen molar-refractivity contribution < 1.29 is 9.53 Å². The average Bonchev–Trinajstić information content (AvgIpc) is 2.16. The normalized spacial score (nSPS) is 11.9. The standard InChI is InChI=1S/C13H22O2/c1-6-13(14)15-9-12(11(4)5)8-7-10(2)3/h12H,2,4,6-9H2,1,3,5H3. The number of rotatable bonds is 7. The lowest BCUT2D eigenvalue weighted by Crippen LogP contribution is -2.14. The van der Waals surface area contributed by atoms with Gasteiger partial charge < -0.3 is 4.74 Å². The first-order chi connectivity index (χ1) is 6.97. The maximum Gasteiger partial charge on any atom is 0.305 e. The minimum absolute atomic E-state index is 0.142. The summed E-state index contributed by atoms with van der Waals surface area (Å²) in [5.74, 6) is 0.119. The van der Waals surface area contributed by atoms with Crippen molar-refractivity contribution in [3.8, 4) is 0 Å². The topological polar surface area (TPSA) is 26.3 Å². The van der Waals surface area contributed by atoms with Gasteiger partial charge in [0, 0.05) is 12.3 Å². The van der Waals surface area contributed by atoms with Gasteiger partial charge >= 0.3 is 5.97 Å². The summed E-state index contributed by atoms with van der Waals surface area (Å²) in [6.07, 6.45) is 2.35. The smallest absolute Gasteiger partial charge is 0.305 e. The van der Waals surface area contributed by atoms with Crippen LogP contribution in [0.1, 0.15) is 40.0 Å². The number of hydrogen-bond acceptors (Lipinski definition) is 2. The monoisotopic (exact) mass is 210 g/mol. The third kappa shape index (κ3) is 6.95. The Morgan fingerprint density at radius 1 is 1.33 bits per heavy atom. The Bertz CT molecular complexity index is 241. The van der Waals surface area contributed by atoms with Crippen LogP contribution in [-0.4, -0.2) is 12.6 Å². The highest BCUT2D eigenvalue weighted by atomic mass is 16.5. The van der Waals surface area contributed by atoms with Gasteiger partial charge in [-0.15, -0.1) is 6.58 Å². The van der Waals surface area contributed by atoms with Crippen molar-refractivity contribution in [3.63, 3.8) is 0 Å². The maximum absolute atomic E-state index is 11.0. The number of carbonyl (C=O) groups excluding carboxylic acids is 1. The fourth-order valence-electron chi connectivity index (χ4n) is 1.19. The number of allylic oxidation sites excluding steroid dienone is 1. The molecule has 0 aliphatic carbocycles. The van der Waals surface area contributed by atoms with Gasteiger partial charge in [0.05, 0.1) is 6.61 Å². The molecule has 1 atom stereocenters. The number of carbonyl (C=O) groups is 1. The van der Waals surface area contributed by atoms with Crippen molar-refractivity contribution in [2.75, 3.05) is 6.61 Å². The van der Waals surface area contributed by atoms with E-state index < -0.39 is 0 Å². The van der Waals surface area contributed by atoms with Gasteiger partial charge in [0.1, 0.15) is 0 Å². The van der Waals surface area contributed by atoms with Crippen LogP contribution in [-0.2, 0) is 9.53 Å². The maximum atomic E-state index is 11.0. The molecule has 2 heteroatoms. The van der Waals surface area contributed by atoms with Gasteiger partial charge in [-0.25, -0.2) is 0 Å². The molecule has 0 aliphatic rings. The van der Waals surface area contributed by atoms with E-state index in [9.17, 15) is 4.79 Å². The molecular formula is C13H22O2. The van der Waals surface area contributed by atoms with Crippen molar-refractivity contribution in [2.45, 2.75) is 40.0 Å². The van der Waals surface area contributed by atoms with Crippen LogP contribution < -0.4 is 0 Å². The zero-order valence-electron chi connectivity index (χ0n) is 10.1. The number of ether oxygens (including phenoxy) is 1. The molecule has 0 radical (unpaired) electrons. The molecule has 0 spiro atoms. The molecule has 0 fully saturated rings. The van der Waals surface area contributed by atoms with Gasteiger partial charge in [-0.2, -0.15) is 0 Å². The quantitative estimate of drug-likeness (QED) is 0.475. The fourth-order valence-corrected chi connectivity index (χ4v) is 1.19. The van der Waals surface area contributed by atoms with Crippen molar-refractivity contribution in [3.05, 3.63) is 24.3 Å². The molecule has 0 amide bonds. The molecule has 2 nitrogen and oxygen atoms in total. The van der Waals surface area contributed by atoms with E-state index in [1.807, 2.05) is 13.8 Å². The summed E-state index contributed by atoms with van der Waals surface area (Å²) < 4.78 is 5.12. The zero-order valence-corrected chi connectivity index (χ0v) is 10.1. The molecule has 0 rings (SSSR count). The lowest BCUT2D eigenvalue weighted by atomic mass is 9.95. The number of hydrogen-bond donors (Lipinski definition) is 0. The summed E-state index contributed by atoms with van der Waals surface area (Å²) in [7, 11) is 0. The van der Waals surface area contributed by atoms with Gasteiger partial charge in [0.2, 0.25) is 0 Å². The molecule has 0 aliphatic heterocycles. The van der Waals surface area contributed by atoms with Crippen LogP contribution in [0.4, 0.5) is 0 Å². The molecule has 1 unspecified atom stereocenters. The van der Waals surface area contributed by atoms with Crippen LogP contribution in [0.15, 0.2) is 24.3 Å². The summed E-state index contributed by atoms with van der Waals surface area (Å²) in [6.45, 7) is 14.0. The van der Waals surface area contributed by atoms with Crippen molar-refractivity contribution in [2.24, 2.45) is 5.92 Å². The number of esters is 1. The van der Waals surface area contributed by atoms with Crippen LogP contribution in [0, 0.1) is 5.92 Å². The largest absolute Gasteiger partial charge is 0.465 e. The molecular weight excluding hydrogens is 188 g/mol. The summed E-state index contributed by atoms with van der Waals surface area (Å²) in [5.41, 5.74) is 2.23. The Kier molecular flexibility index (Phi) is 6.76. The Balaban J connectivity index is 3.99. The highest BCUT2D eigenvalue weighted by molar-refractivity contribution is 5.68. The molecule has 0 bridgehead atoms. The lowest BCUT2D eigenvalue weighted by Gasteiger charge is -2.16. The van der Waals surface area contributed by atoms with E-state index in [1.165, 1.54) is 0 Å². The van der Waals surface area contributed by atoms with Gasteiger partial charge in [-0.3, -0.25) is 4.79 Å². The first-order valence-electron chi connectivity index (χ1n) is 5.42. The van der Waals surface area contributed by atoms with E-state index in [2.05, 4.69) is 13.2 Å². The van der Waals surface area contributed by atoms with Crippen molar-refractivity contribution >= 4 is 5.97 Å². The highest BCUT2D eigenvalue weighted by Gasteiger charge is 2.11. The summed E-state index contributed by atoms with van der Waals surface area (Å²) in [6, 6.07) is 0. The molecule has 0 saturated carbocycles. The van der Waals surface area contributed by atoms with E-state index in [0.717, 1.165) is 24.0 Å². The highest BCUT2D eigenvalue weighted by Crippen LogP contribution is 2.18. The Morgan fingerprint density at radius 2 is 1.93 bits per heavy atom. The predicted octanol–water partition coefficient (Wildman–Crippen LogP) is 3.49. The minimum atomic E-state index is -0.142. The summed E-state index contributed by atoms with van der Waals surface area (Å²) in [5, 5.41) is 0. The average molecular weight is 210 g/mol. The van der Waals surface area contributed by atoms with E-state index >= 15 is 0 Å². The van der Waals surface area contributed by atoms with Crippen LogP contribution >= 0.6 is 0 Å². The van der Waals surface area contributed by atoms with Gasteiger partial charge in [0.25, 0.3) is 0 Å². The van der Waals surface area contributed by atoms with E-state index in [0.29, 0.717) is 13.0 Å². The van der Waals surface area contributed by atoms with E-state index in [4.69, 9.17) is 4.74 Å². The summed E-state index contributed by atoms with van der Waals surface area (Å²) in [4.78, 5) is 11.0. The van der Waals surface area contributed by atoms with Crippen LogP contribution in [0.25, 0.3) is 0 Å². The van der Waals surface area contributed by atoms with Crippen LogP contribution in [0.5, 0.6) is 0 Å². The molecule has 15 heavy (non-hydrogen) atoms. The Hall–Kier alpha value is -1.05. The zero-order chi connectivity index (χ0) is 11.8. The van der Waals surface area contributed by atoms with E-state index in [-0.39, 0.29) is 11.9 Å². The SMILES string of the molecule is C=C(C)CCC(COC(=O)CC)C(=C)C. The molecule has 0 aromatic carbocycles. The second kappa shape index (κ2) is 7.27. The first-order valence-corrected chi connectivity index (χ1v) is 5.42. The summed E-state index contributed by atoms with van der Waals surface area (Å²) >= 11 is 0. The molecule has 0 heterocycles. The van der Waals surface area contributed by atoms with Crippen molar-refractivity contribution in [1.82, 2.24) is 0 Å². The molecule has 0 aromatic rings. The van der Waals surface area contributed by atoms with Crippen LogP contribution in [0.3, 0.4) is 0 Å². The van der Waals surface area contributed by atoms with Gasteiger partial charge in [-0.1, -0.05) is 24.6 Å². The molecule has 0 aromatic heterocycles.